The fourth-order valence-electron chi connectivity index (χ4n) is 2.01. The number of aryl methyl sites for hydroxylation is 1. The van der Waals surface area contributed by atoms with Gasteiger partial charge in [-0.05, 0) is 48.4 Å². The van der Waals surface area contributed by atoms with Gasteiger partial charge in [0.05, 0.1) is 5.69 Å². The van der Waals surface area contributed by atoms with Gasteiger partial charge in [-0.15, -0.1) is 0 Å². The molecule has 0 amide bonds. The van der Waals surface area contributed by atoms with Crippen LogP contribution in [0.15, 0.2) is 17.1 Å². The van der Waals surface area contributed by atoms with E-state index in [2.05, 4.69) is 37.7 Å². The molecule has 1 saturated carbocycles. The summed E-state index contributed by atoms with van der Waals surface area (Å²) in [4.78, 5) is 19.4. The molecule has 6 heteroatoms. The number of halogens is 1. The third-order valence-corrected chi connectivity index (χ3v) is 4.15. The molecule has 0 aromatic carbocycles. The molecule has 1 aliphatic carbocycles. The largest absolute Gasteiger partial charge is 0.304 e. The molecular formula is C12H13IN4O. The van der Waals surface area contributed by atoms with Gasteiger partial charge >= 0.3 is 0 Å². The lowest BCUT2D eigenvalue weighted by molar-refractivity contribution is 0.662. The molecule has 1 fully saturated rings. The van der Waals surface area contributed by atoms with E-state index in [9.17, 15) is 4.79 Å². The van der Waals surface area contributed by atoms with Crippen LogP contribution in [0.3, 0.4) is 0 Å². The second-order valence-electron chi connectivity index (χ2n) is 4.42. The topological polar surface area (TPSA) is 63.6 Å². The van der Waals surface area contributed by atoms with Crippen molar-refractivity contribution in [2.24, 2.45) is 0 Å². The minimum Gasteiger partial charge on any atom is -0.304 e. The molecule has 0 atom stereocenters. The predicted octanol–water partition coefficient (Wildman–Crippen LogP) is 2.14. The van der Waals surface area contributed by atoms with E-state index in [4.69, 9.17) is 0 Å². The van der Waals surface area contributed by atoms with Gasteiger partial charge in [-0.1, -0.05) is 0 Å². The van der Waals surface area contributed by atoms with Crippen LogP contribution >= 0.6 is 22.6 Å². The highest BCUT2D eigenvalue weighted by Crippen LogP contribution is 2.40. The van der Waals surface area contributed by atoms with Crippen molar-refractivity contribution in [2.75, 3.05) is 0 Å². The maximum Gasteiger partial charge on any atom is 0.264 e. The van der Waals surface area contributed by atoms with Crippen molar-refractivity contribution in [2.45, 2.75) is 32.2 Å². The second-order valence-corrected chi connectivity index (χ2v) is 5.50. The van der Waals surface area contributed by atoms with Gasteiger partial charge in [0.25, 0.3) is 5.56 Å². The van der Waals surface area contributed by atoms with Gasteiger partial charge in [-0.2, -0.15) is 5.10 Å². The van der Waals surface area contributed by atoms with Crippen LogP contribution in [0.2, 0.25) is 0 Å². The van der Waals surface area contributed by atoms with E-state index in [0.29, 0.717) is 11.7 Å². The van der Waals surface area contributed by atoms with Crippen LogP contribution in [0.4, 0.5) is 0 Å². The Hall–Kier alpha value is -1.18. The Bertz CT molecular complexity index is 642. The minimum absolute atomic E-state index is 0.0497. The molecule has 2 aromatic rings. The van der Waals surface area contributed by atoms with E-state index in [-0.39, 0.29) is 5.56 Å². The molecule has 1 N–H and O–H groups in total. The van der Waals surface area contributed by atoms with Gasteiger partial charge in [0.2, 0.25) is 0 Å². The minimum atomic E-state index is -0.0497. The van der Waals surface area contributed by atoms with Crippen molar-refractivity contribution in [3.05, 3.63) is 31.9 Å². The average Bonchev–Trinajstić information content (AvgIpc) is 3.09. The predicted molar refractivity (Wildman–Crippen MR) is 76.4 cm³/mol. The summed E-state index contributed by atoms with van der Waals surface area (Å²) in [5.41, 5.74) is 1.76. The van der Waals surface area contributed by atoms with Crippen LogP contribution in [-0.4, -0.2) is 19.7 Å². The lowest BCUT2D eigenvalue weighted by Crippen LogP contribution is -2.17. The maximum atomic E-state index is 12.0. The molecule has 3 rings (SSSR count). The Morgan fingerprint density at radius 2 is 2.33 bits per heavy atom. The Balaban J connectivity index is 2.15. The van der Waals surface area contributed by atoms with Crippen LogP contribution in [-0.2, 0) is 6.54 Å². The summed E-state index contributed by atoms with van der Waals surface area (Å²) in [5, 5.41) is 4.21. The third-order valence-electron chi connectivity index (χ3n) is 3.11. The molecule has 0 unspecified atom stereocenters. The molecule has 1 aliphatic rings. The number of aromatic amines is 1. The van der Waals surface area contributed by atoms with E-state index in [1.165, 1.54) is 0 Å². The maximum absolute atomic E-state index is 12.0. The summed E-state index contributed by atoms with van der Waals surface area (Å²) >= 11 is 2.08. The molecule has 0 saturated heterocycles. The average molecular weight is 356 g/mol. The van der Waals surface area contributed by atoms with E-state index in [0.717, 1.165) is 34.3 Å². The normalized spacial score (nSPS) is 15.0. The Morgan fingerprint density at radius 1 is 1.56 bits per heavy atom. The van der Waals surface area contributed by atoms with Crippen LogP contribution in [0.25, 0.3) is 11.5 Å². The van der Waals surface area contributed by atoms with Crippen molar-refractivity contribution in [1.29, 1.82) is 0 Å². The van der Waals surface area contributed by atoms with E-state index >= 15 is 0 Å². The van der Waals surface area contributed by atoms with Crippen LogP contribution < -0.4 is 5.56 Å². The summed E-state index contributed by atoms with van der Waals surface area (Å²) in [6, 6.07) is 1.88. The molecule has 0 spiro atoms. The fourth-order valence-corrected chi connectivity index (χ4v) is 2.71. The van der Waals surface area contributed by atoms with Gasteiger partial charge in [-0.3, -0.25) is 9.48 Å². The Labute approximate surface area is 118 Å². The zero-order valence-electron chi connectivity index (χ0n) is 9.98. The molecule has 94 valence electrons. The standard InChI is InChI=1S/C12H13IN4O/c1-2-17-8(5-6-14-17)11-15-10(7-3-4-7)9(13)12(18)16-11/h5-7H,2-4H2,1H3,(H,15,16,18). The fraction of sp³-hybridized carbons (Fsp3) is 0.417. The first-order valence-corrected chi connectivity index (χ1v) is 7.10. The SMILES string of the molecule is CCn1nccc1-c1nc(C2CC2)c(I)c(=O)[nH]1. The number of hydrogen-bond acceptors (Lipinski definition) is 3. The summed E-state index contributed by atoms with van der Waals surface area (Å²) < 4.78 is 2.56. The first-order valence-electron chi connectivity index (χ1n) is 6.02. The summed E-state index contributed by atoms with van der Waals surface area (Å²) in [6.45, 7) is 2.78. The molecule has 18 heavy (non-hydrogen) atoms. The van der Waals surface area contributed by atoms with Crippen molar-refractivity contribution >= 4 is 22.6 Å². The number of aromatic nitrogens is 4. The van der Waals surface area contributed by atoms with Crippen molar-refractivity contribution in [1.82, 2.24) is 19.7 Å². The van der Waals surface area contributed by atoms with Crippen LogP contribution in [0, 0.1) is 3.57 Å². The van der Waals surface area contributed by atoms with Crippen LogP contribution in [0.5, 0.6) is 0 Å². The van der Waals surface area contributed by atoms with Gasteiger partial charge in [0, 0.05) is 18.7 Å². The molecule has 0 aliphatic heterocycles. The summed E-state index contributed by atoms with van der Waals surface area (Å²) in [7, 11) is 0. The Kier molecular flexibility index (Phi) is 2.96. The molecule has 2 heterocycles. The summed E-state index contributed by atoms with van der Waals surface area (Å²) in [5.74, 6) is 1.10. The van der Waals surface area contributed by atoms with E-state index in [1.54, 1.807) is 6.20 Å². The number of hydrogen-bond donors (Lipinski definition) is 1. The third kappa shape index (κ3) is 1.98. The monoisotopic (exact) mass is 356 g/mol. The molecule has 2 aromatic heterocycles. The number of nitrogens with zero attached hydrogens (tertiary/aromatic N) is 3. The smallest absolute Gasteiger partial charge is 0.264 e. The lowest BCUT2D eigenvalue weighted by Gasteiger charge is -2.07. The number of nitrogens with one attached hydrogen (secondary N) is 1. The molecular weight excluding hydrogens is 343 g/mol. The van der Waals surface area contributed by atoms with E-state index in [1.807, 2.05) is 17.7 Å². The lowest BCUT2D eigenvalue weighted by atomic mass is 10.2. The zero-order valence-corrected chi connectivity index (χ0v) is 12.1. The highest BCUT2D eigenvalue weighted by molar-refractivity contribution is 14.1. The van der Waals surface area contributed by atoms with Gasteiger partial charge in [0.15, 0.2) is 5.82 Å². The molecule has 0 bridgehead atoms. The summed E-state index contributed by atoms with van der Waals surface area (Å²) in [6.07, 6.45) is 4.01. The first kappa shape index (κ1) is 11.9. The quantitative estimate of drug-likeness (QED) is 0.858. The van der Waals surface area contributed by atoms with E-state index < -0.39 is 0 Å². The van der Waals surface area contributed by atoms with Crippen molar-refractivity contribution < 1.29 is 0 Å². The number of rotatable bonds is 3. The first-order chi connectivity index (χ1) is 8.70. The van der Waals surface area contributed by atoms with Crippen molar-refractivity contribution in [3.8, 4) is 11.5 Å². The van der Waals surface area contributed by atoms with Crippen LogP contribution in [0.1, 0.15) is 31.4 Å². The number of H-pyrrole nitrogens is 1. The second kappa shape index (κ2) is 4.49. The van der Waals surface area contributed by atoms with Gasteiger partial charge in [0.1, 0.15) is 9.26 Å². The van der Waals surface area contributed by atoms with Crippen molar-refractivity contribution in [3.63, 3.8) is 0 Å². The van der Waals surface area contributed by atoms with Gasteiger partial charge < -0.3 is 4.98 Å². The molecule has 5 nitrogen and oxygen atoms in total. The highest BCUT2D eigenvalue weighted by Gasteiger charge is 2.29. The highest BCUT2D eigenvalue weighted by atomic mass is 127. The molecule has 0 radical (unpaired) electrons. The Morgan fingerprint density at radius 3 is 3.00 bits per heavy atom. The van der Waals surface area contributed by atoms with Gasteiger partial charge in [-0.25, -0.2) is 4.98 Å². The zero-order chi connectivity index (χ0) is 12.7.